The maximum atomic E-state index is 13.5. The summed E-state index contributed by atoms with van der Waals surface area (Å²) in [6.45, 7) is 10.4. The second-order valence-corrected chi connectivity index (χ2v) is 14.3. The standard InChI is InChI=1S/C25H39ClN4O5P2S/c1-5-29(6-2)15-7-9-18(3)30(22-13-14-27-21-17-19(26)11-12-20(21)22)25(32)38-16-8-10-23(31)28-24(36-33)37(4,34)35/h11-14,17-18,24,33,36H,5-10,15-16H2,1-4H3,(H,28,31)(H,34,35). The molecule has 2 amide bonds. The van der Waals surface area contributed by atoms with E-state index in [1.807, 2.05) is 24.0 Å². The number of hydrogen-bond donors (Lipinski definition) is 3. The number of amides is 2. The molecule has 0 aliphatic rings. The molecule has 1 aromatic carbocycles. The lowest BCUT2D eigenvalue weighted by molar-refractivity contribution is -0.121. The van der Waals surface area contributed by atoms with E-state index in [1.54, 1.807) is 18.3 Å². The highest BCUT2D eigenvalue weighted by Gasteiger charge is 2.27. The van der Waals surface area contributed by atoms with Crippen LogP contribution >= 0.6 is 39.5 Å². The predicted octanol–water partition coefficient (Wildman–Crippen LogP) is 5.72. The van der Waals surface area contributed by atoms with E-state index in [9.17, 15) is 23.9 Å². The third-order valence-electron chi connectivity index (χ3n) is 6.24. The third-order valence-corrected chi connectivity index (χ3v) is 10.7. The Labute approximate surface area is 236 Å². The van der Waals surface area contributed by atoms with Gasteiger partial charge in [-0.05, 0) is 70.1 Å². The highest BCUT2D eigenvalue weighted by Crippen LogP contribution is 2.47. The smallest absolute Gasteiger partial charge is 0.286 e. The Morgan fingerprint density at radius 2 is 1.95 bits per heavy atom. The number of nitrogens with one attached hydrogen (secondary N) is 1. The molecule has 9 nitrogen and oxygen atoms in total. The summed E-state index contributed by atoms with van der Waals surface area (Å²) in [6.07, 6.45) is 3.93. The molecule has 0 aliphatic heterocycles. The van der Waals surface area contributed by atoms with Crippen LogP contribution in [-0.4, -0.2) is 74.4 Å². The molecule has 0 fully saturated rings. The summed E-state index contributed by atoms with van der Waals surface area (Å²) in [5.74, 6) is -0.0296. The van der Waals surface area contributed by atoms with E-state index in [1.165, 1.54) is 0 Å². The summed E-state index contributed by atoms with van der Waals surface area (Å²) in [6, 6.07) is 7.22. The van der Waals surface area contributed by atoms with E-state index in [0.29, 0.717) is 22.7 Å². The van der Waals surface area contributed by atoms with Gasteiger partial charge in [-0.2, -0.15) is 0 Å². The number of nitrogens with zero attached hydrogens (tertiary/aromatic N) is 3. The van der Waals surface area contributed by atoms with Crippen LogP contribution in [0.25, 0.3) is 10.9 Å². The lowest BCUT2D eigenvalue weighted by Gasteiger charge is -2.30. The summed E-state index contributed by atoms with van der Waals surface area (Å²) in [7, 11) is -4.51. The second-order valence-electron chi connectivity index (χ2n) is 9.14. The highest BCUT2D eigenvalue weighted by molar-refractivity contribution is 8.13. The molecule has 0 bridgehead atoms. The summed E-state index contributed by atoms with van der Waals surface area (Å²) >= 11 is 7.31. The van der Waals surface area contributed by atoms with Gasteiger partial charge in [0, 0.05) is 50.3 Å². The van der Waals surface area contributed by atoms with Gasteiger partial charge in [0.1, 0.15) is 5.52 Å². The molecule has 212 valence electrons. The van der Waals surface area contributed by atoms with E-state index >= 15 is 0 Å². The van der Waals surface area contributed by atoms with Crippen molar-refractivity contribution in [3.05, 3.63) is 35.5 Å². The summed E-state index contributed by atoms with van der Waals surface area (Å²) in [5, 5.41) is 3.70. The van der Waals surface area contributed by atoms with Gasteiger partial charge >= 0.3 is 0 Å². The van der Waals surface area contributed by atoms with Crippen LogP contribution in [0.1, 0.15) is 46.5 Å². The van der Waals surface area contributed by atoms with E-state index in [2.05, 4.69) is 29.0 Å². The molecule has 4 atom stereocenters. The highest BCUT2D eigenvalue weighted by atomic mass is 35.5. The van der Waals surface area contributed by atoms with Crippen LogP contribution in [0.4, 0.5) is 10.5 Å². The minimum atomic E-state index is -3.64. The number of thioether (sulfide) groups is 1. The molecule has 4 unspecified atom stereocenters. The van der Waals surface area contributed by atoms with Crippen molar-refractivity contribution in [2.45, 2.75) is 58.0 Å². The van der Waals surface area contributed by atoms with Gasteiger partial charge < -0.3 is 20.0 Å². The average molecular weight is 605 g/mol. The quantitative estimate of drug-likeness (QED) is 0.174. The molecule has 1 aromatic heterocycles. The van der Waals surface area contributed by atoms with Crippen molar-refractivity contribution in [2.75, 3.05) is 37.0 Å². The van der Waals surface area contributed by atoms with Gasteiger partial charge in [0.05, 0.1) is 11.2 Å². The van der Waals surface area contributed by atoms with Gasteiger partial charge in [-0.1, -0.05) is 37.2 Å². The Bertz CT molecular complexity index is 1120. The molecule has 13 heteroatoms. The van der Waals surface area contributed by atoms with Crippen LogP contribution < -0.4 is 10.2 Å². The Morgan fingerprint density at radius 1 is 1.24 bits per heavy atom. The van der Waals surface area contributed by atoms with Crippen molar-refractivity contribution in [3.63, 3.8) is 0 Å². The van der Waals surface area contributed by atoms with Gasteiger partial charge in [-0.3, -0.25) is 24.0 Å². The maximum Gasteiger partial charge on any atom is 0.286 e. The van der Waals surface area contributed by atoms with Crippen LogP contribution in [0.5, 0.6) is 0 Å². The minimum absolute atomic E-state index is 0.0651. The molecule has 2 aromatic rings. The molecule has 1 heterocycles. The maximum absolute atomic E-state index is 13.5. The largest absolute Gasteiger partial charge is 0.374 e. The number of fused-ring (bicyclic) bond motifs is 1. The number of benzene rings is 1. The lowest BCUT2D eigenvalue weighted by atomic mass is 10.1. The minimum Gasteiger partial charge on any atom is -0.374 e. The van der Waals surface area contributed by atoms with E-state index in [-0.39, 0.29) is 17.7 Å². The molecule has 0 radical (unpaired) electrons. The molecule has 0 saturated heterocycles. The number of carbonyl (C=O) groups excluding carboxylic acids is 2. The van der Waals surface area contributed by atoms with Gasteiger partial charge in [-0.15, -0.1) is 0 Å². The zero-order chi connectivity index (χ0) is 28.3. The van der Waals surface area contributed by atoms with Crippen molar-refractivity contribution in [3.8, 4) is 0 Å². The van der Waals surface area contributed by atoms with Crippen molar-refractivity contribution < 1.29 is 23.9 Å². The number of rotatable bonds is 15. The van der Waals surface area contributed by atoms with Crippen LogP contribution in [-0.2, 0) is 9.36 Å². The Morgan fingerprint density at radius 3 is 2.58 bits per heavy atom. The SMILES string of the molecule is CCN(CC)CCCC(C)N(C(=O)SCCCC(=O)NC(PO)P(C)(=O)O)c1ccnc2cc(Cl)ccc12. The van der Waals surface area contributed by atoms with E-state index in [0.717, 1.165) is 62.0 Å². The molecule has 0 spiro atoms. The zero-order valence-electron chi connectivity index (χ0n) is 22.4. The number of halogens is 1. The first-order valence-corrected chi connectivity index (χ1v) is 17.3. The third kappa shape index (κ3) is 10.1. The van der Waals surface area contributed by atoms with Gasteiger partial charge in [0.2, 0.25) is 13.3 Å². The number of hydrogen-bond acceptors (Lipinski definition) is 7. The first-order valence-electron chi connectivity index (χ1n) is 12.7. The lowest BCUT2D eigenvalue weighted by Crippen LogP contribution is -2.37. The molecule has 38 heavy (non-hydrogen) atoms. The van der Waals surface area contributed by atoms with Crippen LogP contribution in [0, 0.1) is 0 Å². The Hall–Kier alpha value is -1.25. The van der Waals surface area contributed by atoms with Gasteiger partial charge in [0.25, 0.3) is 5.24 Å². The average Bonchev–Trinajstić information content (AvgIpc) is 2.87. The van der Waals surface area contributed by atoms with Crippen molar-refractivity contribution in [2.24, 2.45) is 0 Å². The van der Waals surface area contributed by atoms with Gasteiger partial charge in [-0.25, -0.2) is 0 Å². The van der Waals surface area contributed by atoms with Crippen molar-refractivity contribution in [1.82, 2.24) is 15.2 Å². The van der Waals surface area contributed by atoms with E-state index < -0.39 is 27.6 Å². The van der Waals surface area contributed by atoms with Crippen molar-refractivity contribution in [1.29, 1.82) is 0 Å². The molecular weight excluding hydrogens is 566 g/mol. The Balaban J connectivity index is 2.11. The predicted molar refractivity (Wildman–Crippen MR) is 161 cm³/mol. The zero-order valence-corrected chi connectivity index (χ0v) is 25.9. The first-order chi connectivity index (χ1) is 18.0. The summed E-state index contributed by atoms with van der Waals surface area (Å²) in [5.41, 5.74) is 0.317. The van der Waals surface area contributed by atoms with Crippen LogP contribution in [0.2, 0.25) is 5.02 Å². The number of carbonyl (C=O) groups is 2. The fourth-order valence-electron chi connectivity index (χ4n) is 4.06. The molecule has 3 N–H and O–H groups in total. The monoisotopic (exact) mass is 604 g/mol. The van der Waals surface area contributed by atoms with E-state index in [4.69, 9.17) is 11.6 Å². The topological polar surface area (TPSA) is 123 Å². The second kappa shape index (κ2) is 16.1. The number of anilines is 1. The molecule has 0 aliphatic carbocycles. The van der Waals surface area contributed by atoms with Crippen molar-refractivity contribution >= 4 is 67.3 Å². The molecular formula is C25H39ClN4O5P2S. The van der Waals surface area contributed by atoms with Crippen LogP contribution in [0.15, 0.2) is 30.5 Å². The van der Waals surface area contributed by atoms with Crippen LogP contribution in [0.3, 0.4) is 0 Å². The van der Waals surface area contributed by atoms with Gasteiger partial charge in [0.15, 0.2) is 0 Å². The number of pyridine rings is 1. The number of aromatic nitrogens is 1. The molecule has 2 rings (SSSR count). The normalized spacial score (nSPS) is 15.1. The Kier molecular flexibility index (Phi) is 14.0. The fourth-order valence-corrected chi connectivity index (χ4v) is 6.57. The fraction of sp³-hybridized carbons (Fsp3) is 0.560. The molecule has 0 saturated carbocycles. The summed E-state index contributed by atoms with van der Waals surface area (Å²) in [4.78, 5) is 53.2. The summed E-state index contributed by atoms with van der Waals surface area (Å²) < 4.78 is 11.8. The first kappa shape index (κ1) is 33.0.